The molecule has 6 nitrogen and oxygen atoms in total. The summed E-state index contributed by atoms with van der Waals surface area (Å²) in [6, 6.07) is 8.39. The third kappa shape index (κ3) is 3.30. The molecule has 0 aliphatic heterocycles. The van der Waals surface area contributed by atoms with Gasteiger partial charge >= 0.3 is 5.69 Å². The first-order valence-corrected chi connectivity index (χ1v) is 6.09. The minimum Gasteiger partial charge on any atom is -0.434 e. The van der Waals surface area contributed by atoms with E-state index < -0.39 is 4.92 Å². The van der Waals surface area contributed by atoms with Crippen LogP contribution in [0.15, 0.2) is 36.5 Å². The predicted octanol–water partition coefficient (Wildman–Crippen LogP) is 2.63. The summed E-state index contributed by atoms with van der Waals surface area (Å²) < 4.78 is 5.44. The third-order valence-corrected chi connectivity index (χ3v) is 2.70. The standard InChI is InChI=1S/C14H14N2O4/c1-10-8-13(16(18)19)14(15-9-10)20-12-4-2-11(3-5-12)6-7-17/h2-5,8-9,17H,6-7H2,1H3. The summed E-state index contributed by atoms with van der Waals surface area (Å²) >= 11 is 0. The van der Waals surface area contributed by atoms with Gasteiger partial charge in [-0.05, 0) is 36.6 Å². The van der Waals surface area contributed by atoms with E-state index in [1.54, 1.807) is 31.2 Å². The Bertz CT molecular complexity index is 611. The topological polar surface area (TPSA) is 85.5 Å². The van der Waals surface area contributed by atoms with Crippen LogP contribution in [0.2, 0.25) is 0 Å². The van der Waals surface area contributed by atoms with E-state index >= 15 is 0 Å². The quantitative estimate of drug-likeness (QED) is 0.669. The van der Waals surface area contributed by atoms with Gasteiger partial charge in [0.05, 0.1) is 4.92 Å². The van der Waals surface area contributed by atoms with Crippen LogP contribution in [0.25, 0.3) is 0 Å². The molecule has 0 unspecified atom stereocenters. The average molecular weight is 274 g/mol. The van der Waals surface area contributed by atoms with E-state index in [0.29, 0.717) is 17.7 Å². The Labute approximate surface area is 115 Å². The highest BCUT2D eigenvalue weighted by Gasteiger charge is 2.17. The Morgan fingerprint density at radius 2 is 2.05 bits per heavy atom. The number of ether oxygens (including phenoxy) is 1. The second-order valence-electron chi connectivity index (χ2n) is 4.31. The summed E-state index contributed by atoms with van der Waals surface area (Å²) in [5.74, 6) is 0.432. The number of rotatable bonds is 5. The van der Waals surface area contributed by atoms with Gasteiger partial charge in [-0.1, -0.05) is 12.1 Å². The van der Waals surface area contributed by atoms with Crippen molar-refractivity contribution in [3.63, 3.8) is 0 Å². The Balaban J connectivity index is 2.23. The van der Waals surface area contributed by atoms with Gasteiger partial charge in [-0.3, -0.25) is 10.1 Å². The monoisotopic (exact) mass is 274 g/mol. The number of benzene rings is 1. The molecule has 0 aliphatic rings. The highest BCUT2D eigenvalue weighted by atomic mass is 16.6. The molecule has 20 heavy (non-hydrogen) atoms. The zero-order valence-corrected chi connectivity index (χ0v) is 10.9. The normalized spacial score (nSPS) is 10.3. The molecule has 2 rings (SSSR count). The van der Waals surface area contributed by atoms with Crippen LogP contribution in [0.5, 0.6) is 11.6 Å². The highest BCUT2D eigenvalue weighted by molar-refractivity contribution is 5.45. The number of hydrogen-bond donors (Lipinski definition) is 1. The van der Waals surface area contributed by atoms with Crippen LogP contribution in [0.1, 0.15) is 11.1 Å². The fourth-order valence-electron chi connectivity index (χ4n) is 1.72. The molecule has 0 saturated carbocycles. The van der Waals surface area contributed by atoms with Crippen molar-refractivity contribution < 1.29 is 14.8 Å². The molecule has 104 valence electrons. The summed E-state index contributed by atoms with van der Waals surface area (Å²) in [5, 5.41) is 19.8. The zero-order chi connectivity index (χ0) is 14.5. The van der Waals surface area contributed by atoms with Gasteiger partial charge < -0.3 is 9.84 Å². The molecule has 2 aromatic rings. The maximum atomic E-state index is 11.0. The Morgan fingerprint density at radius 1 is 1.35 bits per heavy atom. The lowest BCUT2D eigenvalue weighted by molar-refractivity contribution is -0.386. The zero-order valence-electron chi connectivity index (χ0n) is 10.9. The summed E-state index contributed by atoms with van der Waals surface area (Å²) in [6.07, 6.45) is 2.08. The van der Waals surface area contributed by atoms with Crippen molar-refractivity contribution in [3.05, 3.63) is 57.8 Å². The number of aromatic nitrogens is 1. The molecular weight excluding hydrogens is 260 g/mol. The van der Waals surface area contributed by atoms with Crippen LogP contribution in [-0.4, -0.2) is 21.6 Å². The second-order valence-corrected chi connectivity index (χ2v) is 4.31. The lowest BCUT2D eigenvalue weighted by Crippen LogP contribution is -1.97. The number of hydrogen-bond acceptors (Lipinski definition) is 5. The predicted molar refractivity (Wildman–Crippen MR) is 72.9 cm³/mol. The molecule has 0 atom stereocenters. The van der Waals surface area contributed by atoms with Crippen LogP contribution in [-0.2, 0) is 6.42 Å². The van der Waals surface area contributed by atoms with Gasteiger partial charge in [0.15, 0.2) is 0 Å². The van der Waals surface area contributed by atoms with E-state index in [1.165, 1.54) is 12.3 Å². The molecule has 1 aromatic heterocycles. The van der Waals surface area contributed by atoms with Crippen molar-refractivity contribution in [1.29, 1.82) is 0 Å². The highest BCUT2D eigenvalue weighted by Crippen LogP contribution is 2.29. The van der Waals surface area contributed by atoms with Crippen molar-refractivity contribution in [1.82, 2.24) is 4.98 Å². The Hall–Kier alpha value is -2.47. The number of nitrogens with zero attached hydrogens (tertiary/aromatic N) is 2. The smallest absolute Gasteiger partial charge is 0.331 e. The molecule has 1 heterocycles. The van der Waals surface area contributed by atoms with Crippen molar-refractivity contribution in [2.24, 2.45) is 0 Å². The van der Waals surface area contributed by atoms with Crippen molar-refractivity contribution in [2.75, 3.05) is 6.61 Å². The Morgan fingerprint density at radius 3 is 2.65 bits per heavy atom. The molecule has 0 amide bonds. The summed E-state index contributed by atoms with van der Waals surface area (Å²) in [6.45, 7) is 1.80. The first-order chi connectivity index (χ1) is 9.60. The number of nitro groups is 1. The molecule has 0 spiro atoms. The lowest BCUT2D eigenvalue weighted by Gasteiger charge is -2.06. The van der Waals surface area contributed by atoms with Gasteiger partial charge in [0.25, 0.3) is 5.88 Å². The van der Waals surface area contributed by atoms with Gasteiger partial charge in [-0.25, -0.2) is 4.98 Å². The average Bonchev–Trinajstić information content (AvgIpc) is 2.43. The van der Waals surface area contributed by atoms with E-state index in [0.717, 1.165) is 5.56 Å². The van der Waals surface area contributed by atoms with Crippen LogP contribution in [0.3, 0.4) is 0 Å². The number of aliphatic hydroxyl groups is 1. The molecule has 6 heteroatoms. The third-order valence-electron chi connectivity index (χ3n) is 2.70. The number of pyridine rings is 1. The second kappa shape index (κ2) is 6.12. The summed E-state index contributed by atoms with van der Waals surface area (Å²) in [7, 11) is 0. The van der Waals surface area contributed by atoms with E-state index in [9.17, 15) is 10.1 Å². The molecule has 1 N–H and O–H groups in total. The van der Waals surface area contributed by atoms with E-state index in [-0.39, 0.29) is 18.2 Å². The number of aryl methyl sites for hydroxylation is 1. The molecule has 0 radical (unpaired) electrons. The SMILES string of the molecule is Cc1cnc(Oc2ccc(CCO)cc2)c([N+](=O)[O-])c1. The first kappa shape index (κ1) is 14.0. The summed E-state index contributed by atoms with van der Waals surface area (Å²) in [4.78, 5) is 14.4. The maximum Gasteiger partial charge on any atom is 0.331 e. The fraction of sp³-hybridized carbons (Fsp3) is 0.214. The van der Waals surface area contributed by atoms with Gasteiger partial charge in [0.2, 0.25) is 0 Å². The molecule has 0 fully saturated rings. The molecule has 1 aromatic carbocycles. The van der Waals surface area contributed by atoms with Crippen molar-refractivity contribution in [3.8, 4) is 11.6 Å². The molecule has 0 bridgehead atoms. The molecule has 0 saturated heterocycles. The van der Waals surface area contributed by atoms with Gasteiger partial charge in [-0.15, -0.1) is 0 Å². The van der Waals surface area contributed by atoms with Gasteiger partial charge in [0.1, 0.15) is 5.75 Å². The molecule has 0 aliphatic carbocycles. The maximum absolute atomic E-state index is 11.0. The van der Waals surface area contributed by atoms with E-state index in [4.69, 9.17) is 9.84 Å². The van der Waals surface area contributed by atoms with Crippen molar-refractivity contribution >= 4 is 5.69 Å². The van der Waals surface area contributed by atoms with Crippen LogP contribution in [0.4, 0.5) is 5.69 Å². The minimum atomic E-state index is -0.518. The van der Waals surface area contributed by atoms with Crippen LogP contribution in [0, 0.1) is 17.0 Å². The van der Waals surface area contributed by atoms with Gasteiger partial charge in [-0.2, -0.15) is 0 Å². The van der Waals surface area contributed by atoms with E-state index in [2.05, 4.69) is 4.98 Å². The Kier molecular flexibility index (Phi) is 4.27. The van der Waals surface area contributed by atoms with Crippen LogP contribution >= 0.6 is 0 Å². The van der Waals surface area contributed by atoms with Gasteiger partial charge in [0, 0.05) is 18.9 Å². The number of aliphatic hydroxyl groups excluding tert-OH is 1. The minimum absolute atomic E-state index is 0.0319. The summed E-state index contributed by atoms with van der Waals surface area (Å²) in [5.41, 5.74) is 1.50. The van der Waals surface area contributed by atoms with Crippen LogP contribution < -0.4 is 4.74 Å². The lowest BCUT2D eigenvalue weighted by atomic mass is 10.1. The largest absolute Gasteiger partial charge is 0.434 e. The van der Waals surface area contributed by atoms with Crippen molar-refractivity contribution in [2.45, 2.75) is 13.3 Å². The first-order valence-electron chi connectivity index (χ1n) is 6.09. The van der Waals surface area contributed by atoms with E-state index in [1.807, 2.05) is 0 Å². The molecular formula is C14H14N2O4. The fourth-order valence-corrected chi connectivity index (χ4v) is 1.72.